The van der Waals surface area contributed by atoms with Crippen LogP contribution < -0.4 is 0 Å². The molecule has 1 aromatic heterocycles. The van der Waals surface area contributed by atoms with E-state index in [0.29, 0.717) is 11.4 Å². The van der Waals surface area contributed by atoms with E-state index in [1.54, 1.807) is 7.05 Å². The molecule has 3 aromatic rings. The van der Waals surface area contributed by atoms with E-state index in [4.69, 9.17) is 4.74 Å². The van der Waals surface area contributed by atoms with E-state index in [2.05, 4.69) is 53.5 Å². The minimum absolute atomic E-state index is 0.316. The van der Waals surface area contributed by atoms with Crippen LogP contribution in [0, 0.1) is 6.92 Å². The minimum atomic E-state index is -0.494. The summed E-state index contributed by atoms with van der Waals surface area (Å²) in [5.41, 5.74) is 6.16. The predicted molar refractivity (Wildman–Crippen MR) is 110 cm³/mol. The number of rotatable bonds is 4. The Morgan fingerprint density at radius 3 is 2.45 bits per heavy atom. The predicted octanol–water partition coefficient (Wildman–Crippen LogP) is 3.54. The van der Waals surface area contributed by atoms with Crippen molar-refractivity contribution in [3.63, 3.8) is 0 Å². The highest BCUT2D eigenvalue weighted by molar-refractivity contribution is 5.89. The lowest BCUT2D eigenvalue weighted by molar-refractivity contribution is 0.0600. The number of hydrogen-bond donors (Lipinski definition) is 0. The summed E-state index contributed by atoms with van der Waals surface area (Å²) in [6.45, 7) is 4.30. The number of methoxy groups -OCH3 is 1. The number of ether oxygens (including phenoxy) is 1. The molecule has 0 saturated heterocycles. The number of carbonyl (C=O) groups is 1. The fourth-order valence-corrected chi connectivity index (χ4v) is 4.67. The van der Waals surface area contributed by atoms with Gasteiger partial charge in [0, 0.05) is 0 Å². The van der Waals surface area contributed by atoms with E-state index in [9.17, 15) is 4.79 Å². The Balaban J connectivity index is 2.05. The van der Waals surface area contributed by atoms with E-state index in [1.165, 1.54) is 28.6 Å². The number of hydrogen-bond acceptors (Lipinski definition) is 5. The zero-order valence-electron chi connectivity index (χ0n) is 17.4. The molecule has 0 N–H and O–H groups in total. The van der Waals surface area contributed by atoms with Crippen LogP contribution in [-0.2, 0) is 30.0 Å². The number of tetrazole rings is 1. The number of fused-ring (bicyclic) bond motifs is 2. The number of carbonyl (C=O) groups excluding carboxylic acids is 1. The van der Waals surface area contributed by atoms with Crippen molar-refractivity contribution in [1.82, 2.24) is 20.2 Å². The number of aryl methyl sites for hydroxylation is 4. The van der Waals surface area contributed by atoms with E-state index in [0.717, 1.165) is 36.8 Å². The molecule has 6 nitrogen and oxygen atoms in total. The van der Waals surface area contributed by atoms with Gasteiger partial charge in [-0.15, -0.1) is 10.2 Å². The molecule has 1 unspecified atom stereocenters. The molecule has 0 fully saturated rings. The summed E-state index contributed by atoms with van der Waals surface area (Å²) in [5, 5.41) is 13.3. The molecular weight excluding hydrogens is 364 g/mol. The third-order valence-corrected chi connectivity index (χ3v) is 5.89. The van der Waals surface area contributed by atoms with Crippen LogP contribution in [0.4, 0.5) is 0 Å². The molecular formula is C23H26N4O2. The summed E-state index contributed by atoms with van der Waals surface area (Å²) >= 11 is 0. The standard InChI is InChI=1S/C23H26N4O2/c1-5-12-23(22-24-26-27(3)25-22)19-10-6-15(2)13-16(19)7-8-17-14-18(21(28)29-4)9-11-20(17)23/h6,9-11,13-14H,5,7-8,12H2,1-4H3. The van der Waals surface area contributed by atoms with Gasteiger partial charge in [0.1, 0.15) is 0 Å². The first-order chi connectivity index (χ1) is 14.0. The van der Waals surface area contributed by atoms with Crippen LogP contribution in [0.15, 0.2) is 36.4 Å². The van der Waals surface area contributed by atoms with Crippen molar-refractivity contribution in [1.29, 1.82) is 0 Å². The summed E-state index contributed by atoms with van der Waals surface area (Å²) < 4.78 is 4.95. The van der Waals surface area contributed by atoms with Crippen molar-refractivity contribution >= 4 is 5.97 Å². The lowest BCUT2D eigenvalue weighted by Crippen LogP contribution is -2.32. The second-order valence-corrected chi connectivity index (χ2v) is 7.78. The first kappa shape index (κ1) is 19.3. The number of nitrogens with zero attached hydrogens (tertiary/aromatic N) is 4. The zero-order chi connectivity index (χ0) is 20.6. The van der Waals surface area contributed by atoms with E-state index >= 15 is 0 Å². The van der Waals surface area contributed by atoms with E-state index < -0.39 is 5.41 Å². The molecule has 0 spiro atoms. The third-order valence-electron chi connectivity index (χ3n) is 5.89. The Bertz CT molecular complexity index is 1070. The molecule has 0 radical (unpaired) electrons. The van der Waals surface area contributed by atoms with Crippen molar-refractivity contribution in [2.24, 2.45) is 7.05 Å². The topological polar surface area (TPSA) is 69.9 Å². The van der Waals surface area contributed by atoms with Crippen LogP contribution in [0.2, 0.25) is 0 Å². The maximum atomic E-state index is 12.1. The van der Waals surface area contributed by atoms with E-state index in [-0.39, 0.29) is 5.97 Å². The number of benzene rings is 2. The fourth-order valence-electron chi connectivity index (χ4n) is 4.67. The van der Waals surface area contributed by atoms with Gasteiger partial charge in [0.25, 0.3) is 0 Å². The number of aromatic nitrogens is 4. The second kappa shape index (κ2) is 7.43. The quantitative estimate of drug-likeness (QED) is 0.637. The lowest BCUT2D eigenvalue weighted by atomic mass is 9.68. The molecule has 0 bridgehead atoms. The normalized spacial score (nSPS) is 17.9. The summed E-state index contributed by atoms with van der Waals surface area (Å²) in [5.74, 6) is 0.394. The minimum Gasteiger partial charge on any atom is -0.465 e. The molecule has 1 heterocycles. The first-order valence-electron chi connectivity index (χ1n) is 10.1. The average Bonchev–Trinajstić information content (AvgIpc) is 3.11. The van der Waals surface area contributed by atoms with Crippen molar-refractivity contribution in [3.05, 3.63) is 75.6 Å². The van der Waals surface area contributed by atoms with Crippen molar-refractivity contribution in [2.45, 2.75) is 44.9 Å². The largest absolute Gasteiger partial charge is 0.465 e. The monoisotopic (exact) mass is 390 g/mol. The molecule has 4 rings (SSSR count). The smallest absolute Gasteiger partial charge is 0.337 e. The summed E-state index contributed by atoms with van der Waals surface area (Å²) in [4.78, 5) is 13.7. The van der Waals surface area contributed by atoms with Gasteiger partial charge in [-0.1, -0.05) is 43.2 Å². The Morgan fingerprint density at radius 2 is 1.83 bits per heavy atom. The highest BCUT2D eigenvalue weighted by atomic mass is 16.5. The molecule has 150 valence electrons. The SMILES string of the molecule is CCCC1(c2nnn(C)n2)c2ccc(C)cc2CCc2cc(C(=O)OC)ccc21. The summed E-state index contributed by atoms with van der Waals surface area (Å²) in [7, 11) is 3.21. The van der Waals surface area contributed by atoms with Gasteiger partial charge < -0.3 is 4.74 Å². The van der Waals surface area contributed by atoms with E-state index in [1.807, 2.05) is 12.1 Å². The van der Waals surface area contributed by atoms with Crippen molar-refractivity contribution < 1.29 is 9.53 Å². The van der Waals surface area contributed by atoms with Gasteiger partial charge >= 0.3 is 5.97 Å². The molecule has 6 heteroatoms. The molecule has 1 atom stereocenters. The van der Waals surface area contributed by atoms with Gasteiger partial charge in [-0.2, -0.15) is 4.80 Å². The number of esters is 1. The molecule has 0 aliphatic heterocycles. The first-order valence-corrected chi connectivity index (χ1v) is 10.1. The van der Waals surface area contributed by atoms with Crippen LogP contribution in [0.3, 0.4) is 0 Å². The van der Waals surface area contributed by atoms with Crippen LogP contribution >= 0.6 is 0 Å². The maximum Gasteiger partial charge on any atom is 0.337 e. The highest BCUT2D eigenvalue weighted by Crippen LogP contribution is 2.46. The maximum absolute atomic E-state index is 12.1. The Kier molecular flexibility index (Phi) is 4.94. The van der Waals surface area contributed by atoms with Gasteiger partial charge in [-0.3, -0.25) is 0 Å². The molecule has 1 aliphatic rings. The average molecular weight is 390 g/mol. The van der Waals surface area contributed by atoms with Gasteiger partial charge in [-0.25, -0.2) is 4.79 Å². The van der Waals surface area contributed by atoms with Crippen molar-refractivity contribution in [2.75, 3.05) is 7.11 Å². The Labute approximate surface area is 170 Å². The molecule has 0 saturated carbocycles. The fraction of sp³-hybridized carbons (Fsp3) is 0.391. The summed E-state index contributed by atoms with van der Waals surface area (Å²) in [6.07, 6.45) is 3.58. The van der Waals surface area contributed by atoms with Gasteiger partial charge in [0.15, 0.2) is 5.82 Å². The molecule has 1 aliphatic carbocycles. The van der Waals surface area contributed by atoms with Gasteiger partial charge in [0.2, 0.25) is 0 Å². The second-order valence-electron chi connectivity index (χ2n) is 7.78. The zero-order valence-corrected chi connectivity index (χ0v) is 17.4. The van der Waals surface area contributed by atoms with Gasteiger partial charge in [0.05, 0.1) is 25.1 Å². The Hall–Kier alpha value is -3.02. The van der Waals surface area contributed by atoms with Crippen LogP contribution in [0.1, 0.15) is 63.8 Å². The van der Waals surface area contributed by atoms with Crippen LogP contribution in [-0.4, -0.2) is 33.3 Å². The van der Waals surface area contributed by atoms with Crippen LogP contribution in [0.5, 0.6) is 0 Å². The molecule has 0 amide bonds. The van der Waals surface area contributed by atoms with Crippen molar-refractivity contribution in [3.8, 4) is 0 Å². The van der Waals surface area contributed by atoms with Gasteiger partial charge in [-0.05, 0) is 65.8 Å². The van der Waals surface area contributed by atoms with Crippen LogP contribution in [0.25, 0.3) is 0 Å². The Morgan fingerprint density at radius 1 is 1.14 bits per heavy atom. The molecule has 2 aromatic carbocycles. The third kappa shape index (κ3) is 3.12. The molecule has 29 heavy (non-hydrogen) atoms. The summed E-state index contributed by atoms with van der Waals surface area (Å²) in [6, 6.07) is 12.5. The highest BCUT2D eigenvalue weighted by Gasteiger charge is 2.44. The lowest BCUT2D eigenvalue weighted by Gasteiger charge is -2.33.